The van der Waals surface area contributed by atoms with Crippen molar-refractivity contribution >= 4 is 23.5 Å². The highest BCUT2D eigenvalue weighted by atomic mass is 19.4. The molecule has 0 saturated heterocycles. The lowest BCUT2D eigenvalue weighted by atomic mass is 9.98. The lowest BCUT2D eigenvalue weighted by molar-refractivity contribution is -0.137. The average molecular weight is 626 g/mol. The summed E-state index contributed by atoms with van der Waals surface area (Å²) in [5.74, 6) is -1.09. The number of benzene rings is 3. The van der Waals surface area contributed by atoms with Crippen LogP contribution in [0, 0.1) is 5.92 Å². The van der Waals surface area contributed by atoms with Crippen molar-refractivity contribution in [3.05, 3.63) is 89.0 Å². The molecule has 0 aliphatic carbocycles. The number of aliphatic hydroxyl groups is 1. The molecule has 4 rings (SSSR count). The number of urea groups is 1. The molecule has 6 N–H and O–H groups in total. The summed E-state index contributed by atoms with van der Waals surface area (Å²) in [6.07, 6.45) is -4.26. The minimum atomic E-state index is -4.54. The average Bonchev–Trinajstić information content (AvgIpc) is 3.14. The van der Waals surface area contributed by atoms with Crippen LogP contribution in [0.1, 0.15) is 42.5 Å². The minimum Gasteiger partial charge on any atom is -0.395 e. The third-order valence-electron chi connectivity index (χ3n) is 7.76. The molecule has 0 aromatic heterocycles. The molecule has 4 amide bonds. The number of nitrogens with two attached hydrogens (primary N) is 1. The molecule has 9 nitrogen and oxygen atoms in total. The number of carbonyl (C=O) groups is 3. The van der Waals surface area contributed by atoms with Crippen LogP contribution in [0.3, 0.4) is 0 Å². The van der Waals surface area contributed by atoms with Crippen LogP contribution < -0.4 is 26.6 Å². The molecule has 0 bridgehead atoms. The van der Waals surface area contributed by atoms with E-state index in [4.69, 9.17) is 10.8 Å². The van der Waals surface area contributed by atoms with E-state index in [2.05, 4.69) is 16.0 Å². The summed E-state index contributed by atoms with van der Waals surface area (Å²) < 4.78 is 40.7. The summed E-state index contributed by atoms with van der Waals surface area (Å²) in [6.45, 7) is 3.86. The van der Waals surface area contributed by atoms with Crippen molar-refractivity contribution in [2.75, 3.05) is 18.1 Å². The molecule has 240 valence electrons. The number of fused-ring (bicyclic) bond motifs is 1. The van der Waals surface area contributed by atoms with Gasteiger partial charge in [-0.3, -0.25) is 9.59 Å². The van der Waals surface area contributed by atoms with Crippen LogP contribution in [-0.4, -0.2) is 48.2 Å². The number of halogens is 3. The van der Waals surface area contributed by atoms with Gasteiger partial charge in [-0.2, -0.15) is 13.2 Å². The Morgan fingerprint density at radius 2 is 1.76 bits per heavy atom. The van der Waals surface area contributed by atoms with E-state index in [0.29, 0.717) is 11.3 Å². The number of anilines is 1. The molecule has 45 heavy (non-hydrogen) atoms. The molecule has 0 radical (unpaired) electrons. The monoisotopic (exact) mass is 625 g/mol. The number of nitrogens with one attached hydrogen (secondary N) is 3. The highest BCUT2D eigenvalue weighted by molar-refractivity contribution is 6.01. The Kier molecular flexibility index (Phi) is 10.8. The normalized spacial score (nSPS) is 15.7. The van der Waals surface area contributed by atoms with Crippen LogP contribution in [-0.2, 0) is 35.3 Å². The number of amides is 4. The van der Waals surface area contributed by atoms with Crippen molar-refractivity contribution in [3.63, 3.8) is 0 Å². The van der Waals surface area contributed by atoms with Gasteiger partial charge in [-0.1, -0.05) is 62.4 Å². The van der Waals surface area contributed by atoms with Crippen molar-refractivity contribution in [1.82, 2.24) is 16.0 Å². The number of alkyl halides is 3. The predicted molar refractivity (Wildman–Crippen MR) is 165 cm³/mol. The first-order valence-corrected chi connectivity index (χ1v) is 14.8. The zero-order valence-corrected chi connectivity index (χ0v) is 25.2. The Labute approximate surface area is 260 Å². The number of hydrogen-bond acceptors (Lipinski definition) is 5. The van der Waals surface area contributed by atoms with Crippen LogP contribution in [0.15, 0.2) is 66.7 Å². The number of nitrogens with zero attached hydrogens (tertiary/aromatic N) is 1. The van der Waals surface area contributed by atoms with Crippen molar-refractivity contribution in [2.24, 2.45) is 11.7 Å². The van der Waals surface area contributed by atoms with E-state index in [9.17, 15) is 27.6 Å². The molecule has 0 fully saturated rings. The molecule has 1 aliphatic heterocycles. The van der Waals surface area contributed by atoms with Crippen LogP contribution >= 0.6 is 0 Å². The van der Waals surface area contributed by atoms with Gasteiger partial charge in [0.15, 0.2) is 0 Å². The predicted octanol–water partition coefficient (Wildman–Crippen LogP) is 4.11. The standard InChI is InChI=1S/C33H38F3N5O4/c1-20(2)29(37)30(43)40-27-13-11-23-17-25(33(34,35)36)12-14-28(23)41(31(27)44)19-21-7-9-22(10-8-21)26-6-4-3-5-24(26)18-39-32(45)38-15-16-42/h3-10,12,14,17,20,27,29,42H,11,13,15-16,18-19,37H2,1-2H3,(H,40,43)(H2,38,39,45)/t27-,29?/m1/s1. The van der Waals surface area contributed by atoms with Gasteiger partial charge in [0.1, 0.15) is 6.04 Å². The molecular formula is C33H38F3N5O4. The quantitative estimate of drug-likeness (QED) is 0.231. The molecule has 0 saturated carbocycles. The maximum atomic E-state index is 13.8. The Bertz CT molecular complexity index is 1510. The zero-order valence-electron chi connectivity index (χ0n) is 25.2. The SMILES string of the molecule is CC(C)C(N)C(=O)N[C@@H]1CCc2cc(C(F)(F)F)ccc2N(Cc2ccc(-c3ccccc3CNC(=O)NCCO)cc2)C1=O. The second kappa shape index (κ2) is 14.6. The van der Waals surface area contributed by atoms with Crippen molar-refractivity contribution in [3.8, 4) is 11.1 Å². The number of aryl methyl sites for hydroxylation is 1. The van der Waals surface area contributed by atoms with Crippen LogP contribution in [0.5, 0.6) is 0 Å². The molecule has 3 aromatic carbocycles. The zero-order chi connectivity index (χ0) is 32.7. The summed E-state index contributed by atoms with van der Waals surface area (Å²) in [4.78, 5) is 40.0. The Hall–Kier alpha value is -4.42. The van der Waals surface area contributed by atoms with Gasteiger partial charge in [-0.15, -0.1) is 0 Å². The van der Waals surface area contributed by atoms with Crippen molar-refractivity contribution in [2.45, 2.75) is 58.0 Å². The molecule has 0 spiro atoms. The van der Waals surface area contributed by atoms with Gasteiger partial charge in [0.2, 0.25) is 11.8 Å². The van der Waals surface area contributed by atoms with E-state index in [1.165, 1.54) is 11.0 Å². The largest absolute Gasteiger partial charge is 0.416 e. The van der Waals surface area contributed by atoms with Gasteiger partial charge in [0.25, 0.3) is 0 Å². The molecular weight excluding hydrogens is 587 g/mol. The van der Waals surface area contributed by atoms with E-state index in [1.54, 1.807) is 13.8 Å². The Morgan fingerprint density at radius 1 is 1.04 bits per heavy atom. The van der Waals surface area contributed by atoms with E-state index >= 15 is 0 Å². The maximum absolute atomic E-state index is 13.8. The smallest absolute Gasteiger partial charge is 0.395 e. The van der Waals surface area contributed by atoms with Crippen LogP contribution in [0.2, 0.25) is 0 Å². The highest BCUT2D eigenvalue weighted by Crippen LogP contribution is 2.36. The summed E-state index contributed by atoms with van der Waals surface area (Å²) in [7, 11) is 0. The molecule has 2 atom stereocenters. The topological polar surface area (TPSA) is 137 Å². The third kappa shape index (κ3) is 8.40. The van der Waals surface area contributed by atoms with Gasteiger partial charge < -0.3 is 31.7 Å². The fourth-order valence-corrected chi connectivity index (χ4v) is 5.16. The first kappa shape index (κ1) is 33.5. The second-order valence-electron chi connectivity index (χ2n) is 11.3. The Morgan fingerprint density at radius 3 is 2.42 bits per heavy atom. The van der Waals surface area contributed by atoms with Gasteiger partial charge in [0.05, 0.1) is 24.8 Å². The van der Waals surface area contributed by atoms with Crippen molar-refractivity contribution < 1.29 is 32.7 Å². The lowest BCUT2D eigenvalue weighted by Gasteiger charge is -2.28. The molecule has 1 aliphatic rings. The Balaban J connectivity index is 1.60. The van der Waals surface area contributed by atoms with E-state index in [0.717, 1.165) is 34.4 Å². The number of carbonyl (C=O) groups excluding carboxylic acids is 3. The van der Waals surface area contributed by atoms with Crippen LogP contribution in [0.25, 0.3) is 11.1 Å². The fourth-order valence-electron chi connectivity index (χ4n) is 5.16. The van der Waals surface area contributed by atoms with Gasteiger partial charge in [-0.05, 0) is 64.8 Å². The second-order valence-corrected chi connectivity index (χ2v) is 11.3. The molecule has 3 aromatic rings. The molecule has 1 unspecified atom stereocenters. The van der Waals surface area contributed by atoms with Crippen LogP contribution in [0.4, 0.5) is 23.7 Å². The number of aliphatic hydroxyl groups excluding tert-OH is 1. The lowest BCUT2D eigenvalue weighted by Crippen LogP contribution is -2.53. The van der Waals surface area contributed by atoms with E-state index in [-0.39, 0.29) is 45.0 Å². The third-order valence-corrected chi connectivity index (χ3v) is 7.76. The first-order valence-electron chi connectivity index (χ1n) is 14.8. The number of hydrogen-bond donors (Lipinski definition) is 5. The molecule has 1 heterocycles. The highest BCUT2D eigenvalue weighted by Gasteiger charge is 2.36. The van der Waals surface area contributed by atoms with E-state index in [1.807, 2.05) is 48.5 Å². The fraction of sp³-hybridized carbons (Fsp3) is 0.364. The summed E-state index contributed by atoms with van der Waals surface area (Å²) in [5.41, 5.74) is 9.25. The maximum Gasteiger partial charge on any atom is 0.416 e. The van der Waals surface area contributed by atoms with E-state index < -0.39 is 41.7 Å². The van der Waals surface area contributed by atoms with Gasteiger partial charge in [0, 0.05) is 18.8 Å². The first-order chi connectivity index (χ1) is 21.4. The van der Waals surface area contributed by atoms with Crippen molar-refractivity contribution in [1.29, 1.82) is 0 Å². The minimum absolute atomic E-state index is 0.0638. The van der Waals surface area contributed by atoms with Gasteiger partial charge in [-0.25, -0.2) is 4.79 Å². The number of rotatable bonds is 10. The van der Waals surface area contributed by atoms with Gasteiger partial charge >= 0.3 is 12.2 Å². The summed E-state index contributed by atoms with van der Waals surface area (Å²) >= 11 is 0. The molecule has 12 heteroatoms. The summed E-state index contributed by atoms with van der Waals surface area (Å²) in [6, 6.07) is 16.1. The summed E-state index contributed by atoms with van der Waals surface area (Å²) in [5, 5.41) is 16.9.